The van der Waals surface area contributed by atoms with Gasteiger partial charge in [0, 0.05) is 16.5 Å². The van der Waals surface area contributed by atoms with Gasteiger partial charge in [-0.05, 0) is 36.5 Å². The van der Waals surface area contributed by atoms with Gasteiger partial charge in [-0.15, -0.1) is 0 Å². The topological polar surface area (TPSA) is 71.9 Å². The summed E-state index contributed by atoms with van der Waals surface area (Å²) in [6.45, 7) is 7.58. The Kier molecular flexibility index (Phi) is 5.94. The van der Waals surface area contributed by atoms with Crippen molar-refractivity contribution in [2.45, 2.75) is 49.4 Å². The molecule has 2 aliphatic heterocycles. The van der Waals surface area contributed by atoms with E-state index in [1.807, 2.05) is 18.2 Å². The van der Waals surface area contributed by atoms with Crippen molar-refractivity contribution in [1.82, 2.24) is 5.32 Å². The van der Waals surface area contributed by atoms with Crippen molar-refractivity contribution in [1.29, 1.82) is 0 Å². The van der Waals surface area contributed by atoms with E-state index in [1.54, 1.807) is 11.8 Å². The first-order valence-corrected chi connectivity index (χ1v) is 11.3. The van der Waals surface area contributed by atoms with Crippen LogP contribution in [0.2, 0.25) is 0 Å². The van der Waals surface area contributed by atoms with Gasteiger partial charge >= 0.3 is 0 Å². The van der Waals surface area contributed by atoms with E-state index in [2.05, 4.69) is 24.5 Å². The number of morpholine rings is 1. The number of carbonyl (C=O) groups excluding carboxylic acids is 2. The Balaban J connectivity index is 1.45. The van der Waals surface area contributed by atoms with Crippen molar-refractivity contribution < 1.29 is 19.2 Å². The van der Waals surface area contributed by atoms with Crippen LogP contribution in [0.4, 0.5) is 5.69 Å². The van der Waals surface area contributed by atoms with Gasteiger partial charge in [-0.3, -0.25) is 9.59 Å². The van der Waals surface area contributed by atoms with Crippen molar-refractivity contribution in [2.75, 3.05) is 31.6 Å². The van der Waals surface area contributed by atoms with Crippen LogP contribution in [0.3, 0.4) is 0 Å². The lowest BCUT2D eigenvalue weighted by Crippen LogP contribution is -3.18. The maximum absolute atomic E-state index is 12.8. The lowest BCUT2D eigenvalue weighted by molar-refractivity contribution is -0.909. The second-order valence-electron chi connectivity index (χ2n) is 8.32. The number of nitrogens with one attached hydrogen (secondary N) is 3. The van der Waals surface area contributed by atoms with Crippen LogP contribution in [0.15, 0.2) is 23.1 Å². The van der Waals surface area contributed by atoms with E-state index < -0.39 is 0 Å². The fourth-order valence-electron chi connectivity index (χ4n) is 4.45. The van der Waals surface area contributed by atoms with Gasteiger partial charge in [0.1, 0.15) is 13.1 Å². The predicted octanol–water partition coefficient (Wildman–Crippen LogP) is 1.53. The number of quaternary nitrogens is 1. The van der Waals surface area contributed by atoms with Gasteiger partial charge in [0.15, 0.2) is 0 Å². The summed E-state index contributed by atoms with van der Waals surface area (Å²) in [6, 6.07) is 5.89. The minimum absolute atomic E-state index is 0.0154. The highest BCUT2D eigenvalue weighted by molar-refractivity contribution is 8.00. The molecule has 1 saturated carbocycles. The van der Waals surface area contributed by atoms with Crippen LogP contribution in [0, 0.1) is 11.8 Å². The molecule has 7 heteroatoms. The third kappa shape index (κ3) is 4.07. The van der Waals surface area contributed by atoms with Crippen LogP contribution in [-0.2, 0) is 9.53 Å². The average molecular weight is 405 g/mol. The van der Waals surface area contributed by atoms with E-state index in [0.29, 0.717) is 30.6 Å². The third-order valence-electron chi connectivity index (χ3n) is 6.51. The van der Waals surface area contributed by atoms with Gasteiger partial charge in [-0.25, -0.2) is 0 Å². The first kappa shape index (κ1) is 19.7. The molecule has 4 atom stereocenters. The number of thioether (sulfide) groups is 1. The quantitative estimate of drug-likeness (QED) is 0.715. The largest absolute Gasteiger partial charge is 0.370 e. The minimum Gasteiger partial charge on any atom is -0.370 e. The summed E-state index contributed by atoms with van der Waals surface area (Å²) < 4.78 is 5.41. The van der Waals surface area contributed by atoms with Gasteiger partial charge in [0.2, 0.25) is 5.37 Å². The molecule has 2 fully saturated rings. The maximum atomic E-state index is 12.8. The van der Waals surface area contributed by atoms with Crippen LogP contribution < -0.4 is 15.5 Å². The monoisotopic (exact) mass is 404 g/mol. The molecule has 0 bridgehead atoms. The lowest BCUT2D eigenvalue weighted by Gasteiger charge is -2.35. The molecule has 152 valence electrons. The Hall–Kier alpha value is -1.57. The number of fused-ring (bicyclic) bond motifs is 1. The van der Waals surface area contributed by atoms with Gasteiger partial charge in [-0.2, -0.15) is 0 Å². The fourth-order valence-corrected chi connectivity index (χ4v) is 5.66. The molecule has 2 heterocycles. The highest BCUT2D eigenvalue weighted by atomic mass is 32.2. The summed E-state index contributed by atoms with van der Waals surface area (Å²) in [6.07, 6.45) is 3.44. The number of carbonyl (C=O) groups is 2. The van der Waals surface area contributed by atoms with E-state index in [9.17, 15) is 9.59 Å². The number of amides is 2. The van der Waals surface area contributed by atoms with Crippen LogP contribution in [0.25, 0.3) is 0 Å². The normalized spacial score (nSPS) is 31.0. The SMILES string of the molecule is CC1CCCC(NC(=O)c2ccc3c(c2)NC(=O)C([NH+]2CCOCC2)S3)C1C. The molecule has 3 N–H and O–H groups in total. The summed E-state index contributed by atoms with van der Waals surface area (Å²) in [5, 5.41) is 6.09. The fraction of sp³-hybridized carbons (Fsp3) is 0.619. The number of hydrogen-bond donors (Lipinski definition) is 3. The number of rotatable bonds is 3. The van der Waals surface area contributed by atoms with Gasteiger partial charge in [0.25, 0.3) is 11.8 Å². The number of hydrogen-bond acceptors (Lipinski definition) is 4. The third-order valence-corrected chi connectivity index (χ3v) is 7.90. The molecular formula is C21H30N3O3S+. The average Bonchev–Trinajstić information content (AvgIpc) is 2.71. The van der Waals surface area contributed by atoms with E-state index in [0.717, 1.165) is 30.1 Å². The van der Waals surface area contributed by atoms with E-state index in [4.69, 9.17) is 4.74 Å². The molecule has 28 heavy (non-hydrogen) atoms. The van der Waals surface area contributed by atoms with Crippen molar-refractivity contribution in [3.63, 3.8) is 0 Å². The molecule has 1 aromatic rings. The highest BCUT2D eigenvalue weighted by Gasteiger charge is 2.37. The Morgan fingerprint density at radius 3 is 2.82 bits per heavy atom. The summed E-state index contributed by atoms with van der Waals surface area (Å²) >= 11 is 1.59. The van der Waals surface area contributed by atoms with Crippen molar-refractivity contribution >= 4 is 29.3 Å². The van der Waals surface area contributed by atoms with Crippen molar-refractivity contribution in [3.8, 4) is 0 Å². The molecule has 2 amide bonds. The van der Waals surface area contributed by atoms with E-state index >= 15 is 0 Å². The van der Waals surface area contributed by atoms with Crippen LogP contribution >= 0.6 is 11.8 Å². The summed E-state index contributed by atoms with van der Waals surface area (Å²) in [5.41, 5.74) is 1.36. The van der Waals surface area contributed by atoms with Crippen molar-refractivity contribution in [2.24, 2.45) is 11.8 Å². The second kappa shape index (κ2) is 8.43. The highest BCUT2D eigenvalue weighted by Crippen LogP contribution is 2.35. The first-order valence-electron chi connectivity index (χ1n) is 10.4. The molecular weight excluding hydrogens is 374 g/mol. The molecule has 0 spiro atoms. The summed E-state index contributed by atoms with van der Waals surface area (Å²) in [5.74, 6) is 1.09. The second-order valence-corrected chi connectivity index (χ2v) is 9.46. The minimum atomic E-state index is -0.152. The zero-order valence-corrected chi connectivity index (χ0v) is 17.4. The molecule has 1 aromatic carbocycles. The van der Waals surface area contributed by atoms with Crippen LogP contribution in [0.5, 0.6) is 0 Å². The molecule has 1 saturated heterocycles. The molecule has 3 aliphatic rings. The van der Waals surface area contributed by atoms with Gasteiger partial charge in [0.05, 0.1) is 18.9 Å². The lowest BCUT2D eigenvalue weighted by atomic mass is 9.78. The first-order chi connectivity index (χ1) is 13.5. The number of benzene rings is 1. The molecule has 0 radical (unpaired) electrons. The molecule has 1 aliphatic carbocycles. The van der Waals surface area contributed by atoms with Gasteiger partial charge < -0.3 is 20.3 Å². The standard InChI is InChI=1S/C21H29N3O3S/c1-13-4-3-5-16(14(13)2)22-19(25)15-6-7-18-17(12-15)23-20(26)21(28-18)24-8-10-27-11-9-24/h6-7,12-14,16,21H,3-5,8-11H2,1-2H3,(H,22,25)(H,23,26)/p+1. The van der Waals surface area contributed by atoms with E-state index in [1.165, 1.54) is 17.7 Å². The number of ether oxygens (including phenoxy) is 1. The Bertz CT molecular complexity index is 750. The zero-order chi connectivity index (χ0) is 19.7. The Morgan fingerprint density at radius 1 is 1.25 bits per heavy atom. The molecule has 4 rings (SSSR count). The van der Waals surface area contributed by atoms with Gasteiger partial charge in [-0.1, -0.05) is 38.5 Å². The van der Waals surface area contributed by atoms with Crippen LogP contribution in [-0.4, -0.2) is 49.5 Å². The van der Waals surface area contributed by atoms with Crippen molar-refractivity contribution in [3.05, 3.63) is 23.8 Å². The molecule has 6 nitrogen and oxygen atoms in total. The zero-order valence-electron chi connectivity index (χ0n) is 16.6. The Morgan fingerprint density at radius 2 is 2.04 bits per heavy atom. The molecule has 0 aromatic heterocycles. The summed E-state index contributed by atoms with van der Waals surface area (Å²) in [7, 11) is 0. The molecule has 4 unspecified atom stereocenters. The maximum Gasteiger partial charge on any atom is 0.294 e. The van der Waals surface area contributed by atoms with Crippen LogP contribution in [0.1, 0.15) is 43.5 Å². The number of anilines is 1. The van der Waals surface area contributed by atoms with E-state index in [-0.39, 0.29) is 23.2 Å². The predicted molar refractivity (Wildman–Crippen MR) is 110 cm³/mol. The Labute approximate surface area is 170 Å². The summed E-state index contributed by atoms with van der Waals surface area (Å²) in [4.78, 5) is 27.7. The smallest absolute Gasteiger partial charge is 0.294 e.